The van der Waals surface area contributed by atoms with Crippen LogP contribution in [0, 0.1) is 0 Å². The van der Waals surface area contributed by atoms with Crippen LogP contribution < -0.4 is 10.2 Å². The monoisotopic (exact) mass is 351 g/mol. The Morgan fingerprint density at radius 1 is 0.923 bits per heavy atom. The standard InChI is InChI=1S/C21H25N3O2/c1-3-17-4-6-18(7-5-17)21(26)24-14-12-23(13-15-24)20-10-8-19(9-11-20)22-16(2)25/h4-11H,3,12-15H2,1-2H3,(H,22,25). The van der Waals surface area contributed by atoms with Gasteiger partial charge in [0.1, 0.15) is 0 Å². The number of hydrogen-bond donors (Lipinski definition) is 1. The summed E-state index contributed by atoms with van der Waals surface area (Å²) in [5, 5.41) is 2.77. The highest BCUT2D eigenvalue weighted by Gasteiger charge is 2.22. The second kappa shape index (κ2) is 8.04. The second-order valence-corrected chi connectivity index (χ2v) is 6.56. The Hall–Kier alpha value is -2.82. The maximum atomic E-state index is 12.7. The molecule has 0 unspecified atom stereocenters. The number of benzene rings is 2. The average Bonchev–Trinajstić information content (AvgIpc) is 2.68. The van der Waals surface area contributed by atoms with Crippen LogP contribution in [0.25, 0.3) is 0 Å². The van der Waals surface area contributed by atoms with E-state index >= 15 is 0 Å². The van der Waals surface area contributed by atoms with Crippen LogP contribution in [0.2, 0.25) is 0 Å². The van der Waals surface area contributed by atoms with E-state index < -0.39 is 0 Å². The number of rotatable bonds is 4. The number of carbonyl (C=O) groups is 2. The van der Waals surface area contributed by atoms with Crippen molar-refractivity contribution in [1.82, 2.24) is 4.90 Å². The van der Waals surface area contributed by atoms with Gasteiger partial charge in [0.2, 0.25) is 5.91 Å². The minimum absolute atomic E-state index is 0.0724. The molecule has 1 N–H and O–H groups in total. The highest BCUT2D eigenvalue weighted by atomic mass is 16.2. The lowest BCUT2D eigenvalue weighted by molar-refractivity contribution is -0.114. The molecule has 5 heteroatoms. The lowest BCUT2D eigenvalue weighted by Gasteiger charge is -2.36. The van der Waals surface area contributed by atoms with Gasteiger partial charge in [-0.1, -0.05) is 19.1 Å². The summed E-state index contributed by atoms with van der Waals surface area (Å²) >= 11 is 0. The molecule has 1 heterocycles. The van der Waals surface area contributed by atoms with Gasteiger partial charge in [0.25, 0.3) is 5.91 Å². The number of nitrogens with one attached hydrogen (secondary N) is 1. The van der Waals surface area contributed by atoms with Crippen LogP contribution in [-0.4, -0.2) is 42.9 Å². The topological polar surface area (TPSA) is 52.7 Å². The number of hydrogen-bond acceptors (Lipinski definition) is 3. The zero-order chi connectivity index (χ0) is 18.5. The van der Waals surface area contributed by atoms with E-state index in [2.05, 4.69) is 17.1 Å². The molecule has 2 aromatic rings. The van der Waals surface area contributed by atoms with Crippen LogP contribution in [0.5, 0.6) is 0 Å². The fraction of sp³-hybridized carbons (Fsp3) is 0.333. The van der Waals surface area contributed by atoms with Crippen LogP contribution in [0.1, 0.15) is 29.8 Å². The molecule has 0 aliphatic carbocycles. The number of carbonyl (C=O) groups excluding carboxylic acids is 2. The predicted molar refractivity (Wildman–Crippen MR) is 105 cm³/mol. The summed E-state index contributed by atoms with van der Waals surface area (Å²) in [6.45, 7) is 6.64. The maximum Gasteiger partial charge on any atom is 0.253 e. The molecule has 136 valence electrons. The molecule has 26 heavy (non-hydrogen) atoms. The summed E-state index contributed by atoms with van der Waals surface area (Å²) in [4.78, 5) is 27.9. The quantitative estimate of drug-likeness (QED) is 0.920. The van der Waals surface area contributed by atoms with Crippen molar-refractivity contribution < 1.29 is 9.59 Å². The molecule has 1 saturated heterocycles. The highest BCUT2D eigenvalue weighted by molar-refractivity contribution is 5.94. The molecule has 0 saturated carbocycles. The minimum Gasteiger partial charge on any atom is -0.368 e. The highest BCUT2D eigenvalue weighted by Crippen LogP contribution is 2.20. The van der Waals surface area contributed by atoms with Crippen molar-refractivity contribution in [2.24, 2.45) is 0 Å². The smallest absolute Gasteiger partial charge is 0.253 e. The third kappa shape index (κ3) is 4.23. The maximum absolute atomic E-state index is 12.7. The Morgan fingerprint density at radius 2 is 1.54 bits per heavy atom. The normalized spacial score (nSPS) is 14.2. The minimum atomic E-state index is -0.0724. The Kier molecular flexibility index (Phi) is 5.56. The number of amides is 2. The van der Waals surface area contributed by atoms with Crippen molar-refractivity contribution in [2.45, 2.75) is 20.3 Å². The SMILES string of the molecule is CCc1ccc(C(=O)N2CCN(c3ccc(NC(C)=O)cc3)CC2)cc1. The predicted octanol–water partition coefficient (Wildman–Crippen LogP) is 3.17. The van der Waals surface area contributed by atoms with Gasteiger partial charge in [-0.3, -0.25) is 9.59 Å². The summed E-state index contributed by atoms with van der Waals surface area (Å²) in [5.74, 6) is 0.0326. The number of anilines is 2. The summed E-state index contributed by atoms with van der Waals surface area (Å²) in [6, 6.07) is 15.7. The molecule has 0 spiro atoms. The molecule has 2 amide bonds. The van der Waals surface area contributed by atoms with E-state index in [1.54, 1.807) is 0 Å². The third-order valence-corrected chi connectivity index (χ3v) is 4.73. The Labute approximate surface area is 154 Å². The van der Waals surface area contributed by atoms with Crippen LogP contribution in [-0.2, 0) is 11.2 Å². The van der Waals surface area contributed by atoms with Gasteiger partial charge in [-0.2, -0.15) is 0 Å². The van der Waals surface area contributed by atoms with Crippen molar-refractivity contribution in [3.63, 3.8) is 0 Å². The summed E-state index contributed by atoms with van der Waals surface area (Å²) in [5.41, 5.74) is 3.91. The van der Waals surface area contributed by atoms with Gasteiger partial charge < -0.3 is 15.1 Å². The van der Waals surface area contributed by atoms with E-state index in [1.807, 2.05) is 53.4 Å². The molecule has 0 aromatic heterocycles. The zero-order valence-electron chi connectivity index (χ0n) is 15.4. The van der Waals surface area contributed by atoms with Gasteiger partial charge in [-0.25, -0.2) is 0 Å². The van der Waals surface area contributed by atoms with Crippen molar-refractivity contribution >= 4 is 23.2 Å². The fourth-order valence-electron chi connectivity index (χ4n) is 3.19. The lowest BCUT2D eigenvalue weighted by atomic mass is 10.1. The van der Waals surface area contributed by atoms with Gasteiger partial charge in [-0.05, 0) is 48.4 Å². The molecule has 0 radical (unpaired) electrons. The largest absolute Gasteiger partial charge is 0.368 e. The number of piperazine rings is 1. The Bertz CT molecular complexity index is 761. The van der Waals surface area contributed by atoms with Crippen LogP contribution in [0.15, 0.2) is 48.5 Å². The molecule has 5 nitrogen and oxygen atoms in total. The third-order valence-electron chi connectivity index (χ3n) is 4.73. The fourth-order valence-corrected chi connectivity index (χ4v) is 3.19. The van der Waals surface area contributed by atoms with Gasteiger partial charge in [0.15, 0.2) is 0 Å². The first-order chi connectivity index (χ1) is 12.6. The molecule has 1 fully saturated rings. The van der Waals surface area contributed by atoms with Crippen molar-refractivity contribution in [3.05, 3.63) is 59.7 Å². The number of nitrogens with zero attached hydrogens (tertiary/aromatic N) is 2. The number of aryl methyl sites for hydroxylation is 1. The Morgan fingerprint density at radius 3 is 2.08 bits per heavy atom. The van der Waals surface area contributed by atoms with E-state index in [0.29, 0.717) is 13.1 Å². The van der Waals surface area contributed by atoms with Gasteiger partial charge in [0, 0.05) is 50.0 Å². The van der Waals surface area contributed by atoms with E-state index in [1.165, 1.54) is 12.5 Å². The second-order valence-electron chi connectivity index (χ2n) is 6.56. The molecule has 1 aliphatic rings. The van der Waals surface area contributed by atoms with Gasteiger partial charge >= 0.3 is 0 Å². The first-order valence-electron chi connectivity index (χ1n) is 9.07. The average molecular weight is 351 g/mol. The molecule has 3 rings (SSSR count). The van der Waals surface area contributed by atoms with Crippen LogP contribution in [0.4, 0.5) is 11.4 Å². The van der Waals surface area contributed by atoms with Gasteiger partial charge in [0.05, 0.1) is 0 Å². The summed E-state index contributed by atoms with van der Waals surface area (Å²) in [7, 11) is 0. The van der Waals surface area contributed by atoms with E-state index in [4.69, 9.17) is 0 Å². The molecular weight excluding hydrogens is 326 g/mol. The molecular formula is C21H25N3O2. The zero-order valence-corrected chi connectivity index (χ0v) is 15.4. The van der Waals surface area contributed by atoms with Crippen molar-refractivity contribution in [2.75, 3.05) is 36.4 Å². The van der Waals surface area contributed by atoms with Crippen molar-refractivity contribution in [3.8, 4) is 0 Å². The first-order valence-corrected chi connectivity index (χ1v) is 9.07. The first kappa shape index (κ1) is 18.0. The van der Waals surface area contributed by atoms with E-state index in [-0.39, 0.29) is 11.8 Å². The molecule has 0 atom stereocenters. The summed E-state index contributed by atoms with van der Waals surface area (Å²) in [6.07, 6.45) is 0.980. The van der Waals surface area contributed by atoms with Gasteiger partial charge in [-0.15, -0.1) is 0 Å². The van der Waals surface area contributed by atoms with Crippen LogP contribution >= 0.6 is 0 Å². The molecule has 2 aromatic carbocycles. The lowest BCUT2D eigenvalue weighted by Crippen LogP contribution is -2.48. The van der Waals surface area contributed by atoms with E-state index in [9.17, 15) is 9.59 Å². The molecule has 0 bridgehead atoms. The van der Waals surface area contributed by atoms with Crippen molar-refractivity contribution in [1.29, 1.82) is 0 Å². The molecule has 1 aliphatic heterocycles. The van der Waals surface area contributed by atoms with E-state index in [0.717, 1.165) is 36.4 Å². The van der Waals surface area contributed by atoms with Crippen LogP contribution in [0.3, 0.4) is 0 Å². The Balaban J connectivity index is 1.58. The summed E-state index contributed by atoms with van der Waals surface area (Å²) < 4.78 is 0.